The first-order valence-electron chi connectivity index (χ1n) is 3.36. The molecule has 1 amide bonds. The van der Waals surface area contributed by atoms with Crippen molar-refractivity contribution >= 4 is 23.3 Å². The molecule has 1 aliphatic carbocycles. The zero-order chi connectivity index (χ0) is 7.84. The van der Waals surface area contributed by atoms with Crippen molar-refractivity contribution in [3.8, 4) is 0 Å². The van der Waals surface area contributed by atoms with E-state index in [0.717, 1.165) is 12.0 Å². The van der Waals surface area contributed by atoms with Gasteiger partial charge in [-0.3, -0.25) is 4.79 Å². The molecule has 2 rings (SSSR count). The summed E-state index contributed by atoms with van der Waals surface area (Å²) in [5.74, 6) is -0.321. The Morgan fingerprint density at radius 3 is 3.09 bits per heavy atom. The van der Waals surface area contributed by atoms with Crippen molar-refractivity contribution in [1.82, 2.24) is 0 Å². The molecule has 0 spiro atoms. The highest BCUT2D eigenvalue weighted by atomic mass is 32.1. The molecular weight excluding hydrogens is 158 g/mol. The number of hydrogen-bond donors (Lipinski definition) is 1. The quantitative estimate of drug-likeness (QED) is 0.671. The van der Waals surface area contributed by atoms with E-state index in [1.165, 1.54) is 16.2 Å². The Kier molecular flexibility index (Phi) is 1.32. The molecule has 1 aromatic rings. The molecule has 3 heteroatoms. The number of allylic oxidation sites excluding steroid dienone is 1. The monoisotopic (exact) mass is 165 g/mol. The largest absolute Gasteiger partial charge is 0.365 e. The van der Waals surface area contributed by atoms with Crippen LogP contribution in [0.5, 0.6) is 0 Å². The van der Waals surface area contributed by atoms with Gasteiger partial charge in [0, 0.05) is 11.3 Å². The van der Waals surface area contributed by atoms with Crippen LogP contribution in [-0.4, -0.2) is 5.91 Å². The number of carbonyl (C=O) groups excluding carboxylic acids is 1. The molecule has 2 N–H and O–H groups in total. The molecule has 0 saturated carbocycles. The molecule has 56 valence electrons. The number of rotatable bonds is 1. The van der Waals surface area contributed by atoms with Gasteiger partial charge in [0.1, 0.15) is 0 Å². The fourth-order valence-corrected chi connectivity index (χ4v) is 2.13. The van der Waals surface area contributed by atoms with Gasteiger partial charge in [-0.25, -0.2) is 0 Å². The maximum atomic E-state index is 10.7. The molecule has 0 fully saturated rings. The normalized spacial score (nSPS) is 13.5. The summed E-state index contributed by atoms with van der Waals surface area (Å²) in [5, 5.41) is 0. The highest BCUT2D eigenvalue weighted by Gasteiger charge is 2.12. The predicted octanol–water partition coefficient (Wildman–Crippen LogP) is 1.42. The second-order valence-corrected chi connectivity index (χ2v) is 3.60. The van der Waals surface area contributed by atoms with Crippen LogP contribution in [0.2, 0.25) is 0 Å². The highest BCUT2D eigenvalue weighted by Crippen LogP contribution is 2.28. The van der Waals surface area contributed by atoms with Gasteiger partial charge in [-0.15, -0.1) is 11.3 Å². The van der Waals surface area contributed by atoms with E-state index in [0.29, 0.717) is 4.88 Å². The van der Waals surface area contributed by atoms with Crippen LogP contribution in [0.15, 0.2) is 12.1 Å². The Balaban J connectivity index is 2.49. The molecule has 11 heavy (non-hydrogen) atoms. The van der Waals surface area contributed by atoms with Crippen LogP contribution in [0.4, 0.5) is 0 Å². The minimum atomic E-state index is -0.321. The molecule has 0 aromatic carbocycles. The van der Waals surface area contributed by atoms with Crippen molar-refractivity contribution in [3.05, 3.63) is 27.5 Å². The van der Waals surface area contributed by atoms with Crippen LogP contribution in [0.3, 0.4) is 0 Å². The summed E-state index contributed by atoms with van der Waals surface area (Å²) in [6.45, 7) is 0. The third-order valence-corrected chi connectivity index (χ3v) is 2.87. The van der Waals surface area contributed by atoms with E-state index < -0.39 is 0 Å². The number of amides is 1. The summed E-state index contributed by atoms with van der Waals surface area (Å²) < 4.78 is 0. The average Bonchev–Trinajstić information content (AvgIpc) is 2.40. The van der Waals surface area contributed by atoms with Crippen molar-refractivity contribution in [2.45, 2.75) is 6.42 Å². The predicted molar refractivity (Wildman–Crippen MR) is 45.6 cm³/mol. The van der Waals surface area contributed by atoms with E-state index in [2.05, 4.69) is 6.08 Å². The second-order valence-electron chi connectivity index (χ2n) is 2.46. The van der Waals surface area contributed by atoms with Gasteiger partial charge >= 0.3 is 0 Å². The van der Waals surface area contributed by atoms with E-state index in [4.69, 9.17) is 5.73 Å². The molecule has 2 nitrogen and oxygen atoms in total. The molecule has 0 aliphatic heterocycles. The lowest BCUT2D eigenvalue weighted by Gasteiger charge is -1.84. The van der Waals surface area contributed by atoms with Crippen molar-refractivity contribution in [2.24, 2.45) is 5.73 Å². The third-order valence-electron chi connectivity index (χ3n) is 1.69. The zero-order valence-corrected chi connectivity index (χ0v) is 6.65. The lowest BCUT2D eigenvalue weighted by atomic mass is 10.3. The van der Waals surface area contributed by atoms with Crippen molar-refractivity contribution < 1.29 is 4.79 Å². The van der Waals surface area contributed by atoms with E-state index >= 15 is 0 Å². The number of carbonyl (C=O) groups is 1. The molecular formula is C8H7NOS. The van der Waals surface area contributed by atoms with Gasteiger partial charge in [-0.05, 0) is 11.6 Å². The minimum Gasteiger partial charge on any atom is -0.365 e. The maximum absolute atomic E-state index is 10.7. The van der Waals surface area contributed by atoms with Crippen molar-refractivity contribution in [3.63, 3.8) is 0 Å². The summed E-state index contributed by atoms with van der Waals surface area (Å²) in [6, 6.07) is 1.85. The summed E-state index contributed by atoms with van der Waals surface area (Å²) in [4.78, 5) is 12.6. The lowest BCUT2D eigenvalue weighted by Crippen LogP contribution is -2.08. The summed E-state index contributed by atoms with van der Waals surface area (Å²) in [6.07, 6.45) is 5.07. The maximum Gasteiger partial charge on any atom is 0.258 e. The number of thiophene rings is 1. The van der Waals surface area contributed by atoms with Gasteiger partial charge in [0.15, 0.2) is 0 Å². The molecule has 0 atom stereocenters. The molecule has 0 saturated heterocycles. The Bertz CT molecular complexity index is 338. The van der Waals surface area contributed by atoms with Gasteiger partial charge in [-0.1, -0.05) is 12.2 Å². The van der Waals surface area contributed by atoms with Crippen molar-refractivity contribution in [2.75, 3.05) is 0 Å². The Morgan fingerprint density at radius 2 is 2.45 bits per heavy atom. The smallest absolute Gasteiger partial charge is 0.258 e. The van der Waals surface area contributed by atoms with Crippen LogP contribution in [0, 0.1) is 0 Å². The van der Waals surface area contributed by atoms with Gasteiger partial charge in [0.25, 0.3) is 5.91 Å². The first-order chi connectivity index (χ1) is 5.27. The number of hydrogen-bond acceptors (Lipinski definition) is 2. The Morgan fingerprint density at radius 1 is 1.64 bits per heavy atom. The molecule has 1 aromatic heterocycles. The number of primary amides is 1. The number of fused-ring (bicyclic) bond motifs is 1. The van der Waals surface area contributed by atoms with Crippen LogP contribution >= 0.6 is 11.3 Å². The minimum absolute atomic E-state index is 0.321. The van der Waals surface area contributed by atoms with Gasteiger partial charge in [-0.2, -0.15) is 0 Å². The summed E-state index contributed by atoms with van der Waals surface area (Å²) >= 11 is 1.49. The zero-order valence-electron chi connectivity index (χ0n) is 5.83. The molecule has 0 unspecified atom stereocenters. The SMILES string of the molecule is NC(=O)c1cc2c(s1)CC=C2. The fraction of sp³-hybridized carbons (Fsp3) is 0.125. The van der Waals surface area contributed by atoms with Crippen LogP contribution in [0.25, 0.3) is 6.08 Å². The van der Waals surface area contributed by atoms with Crippen LogP contribution < -0.4 is 5.73 Å². The first-order valence-corrected chi connectivity index (χ1v) is 4.18. The van der Waals surface area contributed by atoms with Gasteiger partial charge < -0.3 is 5.73 Å². The van der Waals surface area contributed by atoms with Gasteiger partial charge in [0.05, 0.1) is 4.88 Å². The number of nitrogens with two attached hydrogens (primary N) is 1. The standard InChI is InChI=1S/C8H7NOS/c9-8(10)7-4-5-2-1-3-6(5)11-7/h1-2,4H,3H2,(H2,9,10). The summed E-state index contributed by atoms with van der Waals surface area (Å²) in [5.41, 5.74) is 6.28. The highest BCUT2D eigenvalue weighted by molar-refractivity contribution is 7.14. The topological polar surface area (TPSA) is 43.1 Å². The molecule has 1 heterocycles. The molecule has 0 radical (unpaired) electrons. The van der Waals surface area contributed by atoms with E-state index in [9.17, 15) is 4.79 Å². The van der Waals surface area contributed by atoms with E-state index in [-0.39, 0.29) is 5.91 Å². The van der Waals surface area contributed by atoms with Gasteiger partial charge in [0.2, 0.25) is 0 Å². The van der Waals surface area contributed by atoms with E-state index in [1.807, 2.05) is 12.1 Å². The average molecular weight is 165 g/mol. The van der Waals surface area contributed by atoms with Crippen LogP contribution in [-0.2, 0) is 6.42 Å². The van der Waals surface area contributed by atoms with E-state index in [1.54, 1.807) is 0 Å². The summed E-state index contributed by atoms with van der Waals surface area (Å²) in [7, 11) is 0. The molecule has 1 aliphatic rings. The fourth-order valence-electron chi connectivity index (χ4n) is 1.16. The molecule has 0 bridgehead atoms. The lowest BCUT2D eigenvalue weighted by molar-refractivity contribution is 0.100. The second kappa shape index (κ2) is 2.20. The van der Waals surface area contributed by atoms with Crippen LogP contribution in [0.1, 0.15) is 20.1 Å². The Labute approximate surface area is 68.3 Å². The third kappa shape index (κ3) is 0.973. The first kappa shape index (κ1) is 6.61. The Hall–Kier alpha value is -1.09. The van der Waals surface area contributed by atoms with Crippen molar-refractivity contribution in [1.29, 1.82) is 0 Å².